The molecule has 1 aliphatic heterocycles. The van der Waals surface area contributed by atoms with Crippen molar-refractivity contribution in [2.75, 3.05) is 9.80 Å². The number of fused-ring (bicyclic) bond motifs is 7. The zero-order valence-electron chi connectivity index (χ0n) is 31.2. The number of rotatable bonds is 6. The number of aromatic nitrogens is 1. The van der Waals surface area contributed by atoms with Crippen LogP contribution in [0.5, 0.6) is 11.5 Å². The van der Waals surface area contributed by atoms with Crippen LogP contribution in [0.3, 0.4) is 0 Å². The minimum atomic E-state index is 0.859. The summed E-state index contributed by atoms with van der Waals surface area (Å²) in [5, 5.41) is 9.99. The van der Waals surface area contributed by atoms with E-state index in [1.165, 1.54) is 59.7 Å². The van der Waals surface area contributed by atoms with Crippen LogP contribution in [0.1, 0.15) is 0 Å². The molecule has 0 unspecified atom stereocenters. The van der Waals surface area contributed by atoms with E-state index in [-0.39, 0.29) is 0 Å². The quantitative estimate of drug-likeness (QED) is 0.159. The van der Waals surface area contributed by atoms with Gasteiger partial charge in [-0.3, -0.25) is 0 Å². The highest BCUT2D eigenvalue weighted by atomic mass is 16.5. The second-order valence-corrected chi connectivity index (χ2v) is 15.0. The molecule has 0 saturated carbocycles. The van der Waals surface area contributed by atoms with Gasteiger partial charge in [0.2, 0.25) is 0 Å². The van der Waals surface area contributed by atoms with E-state index in [0.717, 1.165) is 51.2 Å². The Bertz CT molecular complexity index is 3240. The van der Waals surface area contributed by atoms with Crippen molar-refractivity contribution >= 4 is 88.2 Å². The molecule has 0 saturated heterocycles. The summed E-state index contributed by atoms with van der Waals surface area (Å²) in [5.74, 6) is 1.75. The molecule has 0 aliphatic carbocycles. The number of hydrogen-bond acceptors (Lipinski definition) is 3. The summed E-state index contributed by atoms with van der Waals surface area (Å²) in [6.07, 6.45) is 0. The summed E-state index contributed by atoms with van der Waals surface area (Å²) in [7, 11) is 2.22. The van der Waals surface area contributed by atoms with Gasteiger partial charge in [-0.25, -0.2) is 0 Å². The molecule has 268 valence electrons. The average Bonchev–Trinajstić information content (AvgIpc) is 3.56. The largest absolute Gasteiger partial charge is 0.456 e. The van der Waals surface area contributed by atoms with E-state index in [9.17, 15) is 0 Å². The maximum Gasteiger partial charge on any atom is 0.137 e. The van der Waals surface area contributed by atoms with Crippen LogP contribution in [0.2, 0.25) is 0 Å². The number of nitrogens with zero attached hydrogens (tertiary/aromatic N) is 3. The fourth-order valence-electron chi connectivity index (χ4n) is 9.44. The standard InChI is InChI=1S/C53H35N3O/c1-54-46-32-39(55(35-16-6-2-7-17-35)36-18-8-3-9-19-36)26-28-42(46)50-43-24-14-15-34-31-45-41-27-25-40(56(37-20-10-4-11-21-37)38-22-12-5-13-23-38)33-48(41)57-47-30-29-44(53(50)54)52(49(34)43)51(45)47/h2-33H,1H3. The van der Waals surface area contributed by atoms with Crippen molar-refractivity contribution in [2.45, 2.75) is 0 Å². The van der Waals surface area contributed by atoms with Crippen molar-refractivity contribution in [3.8, 4) is 22.6 Å². The minimum absolute atomic E-state index is 0.859. The van der Waals surface area contributed by atoms with Gasteiger partial charge in [0.25, 0.3) is 0 Å². The van der Waals surface area contributed by atoms with Crippen LogP contribution in [0.4, 0.5) is 34.1 Å². The Balaban J connectivity index is 1.08. The van der Waals surface area contributed by atoms with Crippen LogP contribution in [0, 0.1) is 0 Å². The molecular weight excluding hydrogens is 695 g/mol. The van der Waals surface area contributed by atoms with Crippen molar-refractivity contribution in [3.63, 3.8) is 0 Å². The molecule has 0 bridgehead atoms. The summed E-state index contributed by atoms with van der Waals surface area (Å²) in [5.41, 5.74) is 11.3. The third kappa shape index (κ3) is 4.68. The molecule has 10 aromatic carbocycles. The molecule has 57 heavy (non-hydrogen) atoms. The Kier molecular flexibility index (Phi) is 6.81. The van der Waals surface area contributed by atoms with E-state index in [1.807, 2.05) is 0 Å². The normalized spacial score (nSPS) is 12.1. The number of hydrogen-bond donors (Lipinski definition) is 0. The molecule has 0 atom stereocenters. The Morgan fingerprint density at radius 2 is 0.930 bits per heavy atom. The lowest BCUT2D eigenvalue weighted by Gasteiger charge is -2.28. The van der Waals surface area contributed by atoms with Gasteiger partial charge < -0.3 is 19.1 Å². The molecule has 0 N–H and O–H groups in total. The first-order chi connectivity index (χ1) is 28.2. The highest BCUT2D eigenvalue weighted by molar-refractivity contribution is 6.39. The van der Waals surface area contributed by atoms with E-state index in [4.69, 9.17) is 4.74 Å². The molecular formula is C53H35N3O. The van der Waals surface area contributed by atoms with Crippen LogP contribution < -0.4 is 14.5 Å². The second-order valence-electron chi connectivity index (χ2n) is 15.0. The lowest BCUT2D eigenvalue weighted by atomic mass is 9.85. The van der Waals surface area contributed by atoms with Gasteiger partial charge in [-0.1, -0.05) is 97.1 Å². The smallest absolute Gasteiger partial charge is 0.137 e. The first-order valence-electron chi connectivity index (χ1n) is 19.5. The van der Waals surface area contributed by atoms with E-state index >= 15 is 0 Å². The van der Waals surface area contributed by atoms with Gasteiger partial charge in [0.15, 0.2) is 0 Å². The van der Waals surface area contributed by atoms with Crippen LogP contribution in [0.25, 0.3) is 65.3 Å². The number of benzene rings is 10. The molecule has 2 heterocycles. The summed E-state index contributed by atoms with van der Waals surface area (Å²) in [6.45, 7) is 0. The average molecular weight is 730 g/mol. The number of ether oxygens (including phenoxy) is 1. The van der Waals surface area contributed by atoms with E-state index < -0.39 is 0 Å². The monoisotopic (exact) mass is 729 g/mol. The van der Waals surface area contributed by atoms with E-state index in [1.54, 1.807) is 0 Å². The van der Waals surface area contributed by atoms with Gasteiger partial charge >= 0.3 is 0 Å². The first kappa shape index (κ1) is 31.8. The second kappa shape index (κ2) is 12.2. The zero-order chi connectivity index (χ0) is 37.6. The molecule has 11 aromatic rings. The lowest BCUT2D eigenvalue weighted by molar-refractivity contribution is 0.487. The van der Waals surface area contributed by atoms with Crippen molar-refractivity contribution in [3.05, 3.63) is 194 Å². The summed E-state index contributed by atoms with van der Waals surface area (Å²) in [6, 6.07) is 69.6. The summed E-state index contributed by atoms with van der Waals surface area (Å²) in [4.78, 5) is 4.63. The first-order valence-corrected chi connectivity index (χ1v) is 19.5. The topological polar surface area (TPSA) is 20.6 Å². The molecule has 0 radical (unpaired) electrons. The molecule has 1 aliphatic rings. The molecule has 4 nitrogen and oxygen atoms in total. The fourth-order valence-corrected chi connectivity index (χ4v) is 9.44. The maximum atomic E-state index is 6.94. The maximum absolute atomic E-state index is 6.94. The fraction of sp³-hybridized carbons (Fsp3) is 0.0189. The van der Waals surface area contributed by atoms with Gasteiger partial charge in [0, 0.05) is 79.7 Å². The Hall–Kier alpha value is -7.56. The van der Waals surface area contributed by atoms with Crippen molar-refractivity contribution in [1.82, 2.24) is 4.57 Å². The van der Waals surface area contributed by atoms with E-state index in [2.05, 4.69) is 216 Å². The van der Waals surface area contributed by atoms with Gasteiger partial charge in [0.05, 0.1) is 11.0 Å². The van der Waals surface area contributed by atoms with Gasteiger partial charge in [-0.2, -0.15) is 0 Å². The molecule has 1 aromatic heterocycles. The zero-order valence-corrected chi connectivity index (χ0v) is 31.2. The van der Waals surface area contributed by atoms with Crippen molar-refractivity contribution in [1.29, 1.82) is 0 Å². The van der Waals surface area contributed by atoms with Gasteiger partial charge in [-0.15, -0.1) is 0 Å². The highest BCUT2D eigenvalue weighted by Crippen LogP contribution is 2.54. The number of aryl methyl sites for hydroxylation is 1. The summed E-state index contributed by atoms with van der Waals surface area (Å²) < 4.78 is 9.35. The van der Waals surface area contributed by atoms with Crippen LogP contribution in [-0.2, 0) is 7.05 Å². The summed E-state index contributed by atoms with van der Waals surface area (Å²) >= 11 is 0. The Morgan fingerprint density at radius 3 is 1.54 bits per heavy atom. The molecule has 4 heteroatoms. The lowest BCUT2D eigenvalue weighted by Crippen LogP contribution is -2.10. The third-order valence-corrected chi connectivity index (χ3v) is 11.8. The Labute approximate surface area is 330 Å². The van der Waals surface area contributed by atoms with Crippen LogP contribution in [0.15, 0.2) is 194 Å². The molecule has 0 spiro atoms. The van der Waals surface area contributed by atoms with E-state index in [0.29, 0.717) is 0 Å². The van der Waals surface area contributed by atoms with Crippen molar-refractivity contribution in [2.24, 2.45) is 7.05 Å². The third-order valence-electron chi connectivity index (χ3n) is 11.8. The van der Waals surface area contributed by atoms with Crippen molar-refractivity contribution < 1.29 is 4.74 Å². The highest BCUT2D eigenvalue weighted by Gasteiger charge is 2.28. The predicted octanol–water partition coefficient (Wildman–Crippen LogP) is 14.9. The Morgan fingerprint density at radius 1 is 0.368 bits per heavy atom. The van der Waals surface area contributed by atoms with Crippen LogP contribution in [-0.4, -0.2) is 4.57 Å². The number of anilines is 6. The predicted molar refractivity (Wildman–Crippen MR) is 239 cm³/mol. The molecule has 0 amide bonds. The van der Waals surface area contributed by atoms with Gasteiger partial charge in [0.1, 0.15) is 11.5 Å². The minimum Gasteiger partial charge on any atom is -0.456 e. The molecule has 0 fully saturated rings. The SMILES string of the molecule is Cn1c2cc(N(c3ccccc3)c3ccccc3)ccc2c2c3cccc4cc5c6c(ccc(c6c43)c21)Oc1cc(N(c2ccccc2)c2ccccc2)ccc1-5. The van der Waals surface area contributed by atoms with Crippen LogP contribution >= 0.6 is 0 Å². The van der Waals surface area contributed by atoms with Gasteiger partial charge in [-0.05, 0) is 113 Å². The number of para-hydroxylation sites is 4. The molecule has 12 rings (SSSR count).